The smallest absolute Gasteiger partial charge is 0.341 e. The van der Waals surface area contributed by atoms with E-state index in [2.05, 4.69) is 0 Å². The Morgan fingerprint density at radius 3 is 1.55 bits per heavy atom. The van der Waals surface area contributed by atoms with Crippen LogP contribution in [0.2, 0.25) is 0 Å². The van der Waals surface area contributed by atoms with Gasteiger partial charge >= 0.3 is 5.97 Å². The van der Waals surface area contributed by atoms with Gasteiger partial charge in [0.05, 0.1) is 49.8 Å². The minimum absolute atomic E-state index is 0.395. The van der Waals surface area contributed by atoms with Crippen LogP contribution in [0.25, 0.3) is 0 Å². The number of ether oxygens (including phenoxy) is 7. The molecular formula is C30H36O8. The Bertz CT molecular complexity index is 1230. The molecule has 0 bridgehead atoms. The van der Waals surface area contributed by atoms with Gasteiger partial charge in [-0.2, -0.15) is 0 Å². The third-order valence-corrected chi connectivity index (χ3v) is 6.42. The van der Waals surface area contributed by atoms with E-state index in [1.165, 1.54) is 14.2 Å². The largest absolute Gasteiger partial charge is 0.497 e. The number of aryl methyl sites for hydroxylation is 4. The minimum atomic E-state index is -0.431. The number of rotatable bonds is 13. The molecular weight excluding hydrogens is 488 g/mol. The van der Waals surface area contributed by atoms with Crippen molar-refractivity contribution in [3.8, 4) is 34.5 Å². The molecule has 0 fully saturated rings. The standard InChI is InChI=1S/C30H36O8/c1-32-23-17-21(11-8-19-10-13-24(30(31)38-7)25(14-19)33-2)28(36-5)22(18-23)12-9-20-15-26(34-3)29(37-6)27(16-20)35-4/h10,13-18H,8-9,11-12H2,1-7H3. The lowest BCUT2D eigenvalue weighted by Crippen LogP contribution is -2.05. The van der Waals surface area contributed by atoms with Crippen LogP contribution in [-0.4, -0.2) is 55.7 Å². The molecule has 0 saturated carbocycles. The zero-order valence-corrected chi connectivity index (χ0v) is 23.1. The summed E-state index contributed by atoms with van der Waals surface area (Å²) in [6.07, 6.45) is 2.87. The van der Waals surface area contributed by atoms with Crippen molar-refractivity contribution in [3.05, 3.63) is 70.3 Å². The van der Waals surface area contributed by atoms with E-state index in [0.29, 0.717) is 47.8 Å². The third kappa shape index (κ3) is 6.43. The molecule has 0 atom stereocenters. The summed E-state index contributed by atoms with van der Waals surface area (Å²) in [4.78, 5) is 12.0. The van der Waals surface area contributed by atoms with E-state index in [1.807, 2.05) is 36.4 Å². The average molecular weight is 525 g/mol. The van der Waals surface area contributed by atoms with Crippen molar-refractivity contribution < 1.29 is 38.0 Å². The van der Waals surface area contributed by atoms with Gasteiger partial charge in [-0.05, 0) is 84.3 Å². The third-order valence-electron chi connectivity index (χ3n) is 6.42. The van der Waals surface area contributed by atoms with Gasteiger partial charge in [0.25, 0.3) is 0 Å². The molecule has 0 aliphatic heterocycles. The highest BCUT2D eigenvalue weighted by Crippen LogP contribution is 2.39. The quantitative estimate of drug-likeness (QED) is 0.286. The topological polar surface area (TPSA) is 81.7 Å². The second kappa shape index (κ2) is 13.5. The van der Waals surface area contributed by atoms with Crippen LogP contribution in [0.15, 0.2) is 42.5 Å². The summed E-state index contributed by atoms with van der Waals surface area (Å²) in [5, 5.41) is 0. The molecule has 0 radical (unpaired) electrons. The molecule has 3 aromatic rings. The number of methoxy groups -OCH3 is 7. The van der Waals surface area contributed by atoms with Crippen molar-refractivity contribution in [3.63, 3.8) is 0 Å². The first-order valence-electron chi connectivity index (χ1n) is 12.2. The van der Waals surface area contributed by atoms with Crippen LogP contribution < -0.4 is 28.4 Å². The van der Waals surface area contributed by atoms with Crippen LogP contribution in [0.1, 0.15) is 32.6 Å². The second-order valence-corrected chi connectivity index (χ2v) is 8.54. The molecule has 0 spiro atoms. The van der Waals surface area contributed by atoms with Crippen LogP contribution in [0, 0.1) is 0 Å². The van der Waals surface area contributed by atoms with E-state index in [9.17, 15) is 4.79 Å². The average Bonchev–Trinajstić information content (AvgIpc) is 2.97. The molecule has 8 nitrogen and oxygen atoms in total. The number of hydrogen-bond donors (Lipinski definition) is 0. The molecule has 0 saturated heterocycles. The van der Waals surface area contributed by atoms with Gasteiger partial charge < -0.3 is 33.2 Å². The maximum absolute atomic E-state index is 12.0. The minimum Gasteiger partial charge on any atom is -0.497 e. The van der Waals surface area contributed by atoms with Crippen molar-refractivity contribution in [1.82, 2.24) is 0 Å². The van der Waals surface area contributed by atoms with Crippen LogP contribution in [0.4, 0.5) is 0 Å². The van der Waals surface area contributed by atoms with Crippen molar-refractivity contribution in [2.45, 2.75) is 25.7 Å². The molecule has 3 aromatic carbocycles. The van der Waals surface area contributed by atoms with Crippen molar-refractivity contribution in [1.29, 1.82) is 0 Å². The van der Waals surface area contributed by atoms with E-state index < -0.39 is 5.97 Å². The summed E-state index contributed by atoms with van der Waals surface area (Å²) < 4.78 is 38.2. The zero-order valence-electron chi connectivity index (χ0n) is 23.1. The maximum atomic E-state index is 12.0. The van der Waals surface area contributed by atoms with Crippen molar-refractivity contribution >= 4 is 5.97 Å². The Hall–Kier alpha value is -4.07. The van der Waals surface area contributed by atoms with Crippen LogP contribution in [0.3, 0.4) is 0 Å². The maximum Gasteiger partial charge on any atom is 0.341 e. The molecule has 204 valence electrons. The first-order chi connectivity index (χ1) is 18.4. The first kappa shape index (κ1) is 28.5. The Labute approximate surface area is 224 Å². The number of benzene rings is 3. The Morgan fingerprint density at radius 1 is 0.553 bits per heavy atom. The molecule has 0 aliphatic carbocycles. The predicted octanol–water partition coefficient (Wildman–Crippen LogP) is 5.10. The summed E-state index contributed by atoms with van der Waals surface area (Å²) in [6.45, 7) is 0. The van der Waals surface area contributed by atoms with E-state index in [4.69, 9.17) is 33.2 Å². The molecule has 38 heavy (non-hydrogen) atoms. The lowest BCUT2D eigenvalue weighted by molar-refractivity contribution is 0.0597. The zero-order chi connectivity index (χ0) is 27.7. The highest BCUT2D eigenvalue weighted by Gasteiger charge is 2.17. The Balaban J connectivity index is 1.86. The van der Waals surface area contributed by atoms with Crippen molar-refractivity contribution in [2.24, 2.45) is 0 Å². The van der Waals surface area contributed by atoms with E-state index in [0.717, 1.165) is 40.2 Å². The fourth-order valence-electron chi connectivity index (χ4n) is 4.48. The van der Waals surface area contributed by atoms with Gasteiger partial charge in [-0.3, -0.25) is 0 Å². The highest BCUT2D eigenvalue weighted by atomic mass is 16.5. The van der Waals surface area contributed by atoms with E-state index in [-0.39, 0.29) is 0 Å². The molecule has 0 aromatic heterocycles. The van der Waals surface area contributed by atoms with Crippen molar-refractivity contribution in [2.75, 3.05) is 49.8 Å². The fraction of sp³-hybridized carbons (Fsp3) is 0.367. The monoisotopic (exact) mass is 524 g/mol. The van der Waals surface area contributed by atoms with Gasteiger partial charge in [0, 0.05) is 0 Å². The summed E-state index contributed by atoms with van der Waals surface area (Å²) in [7, 11) is 11.0. The highest BCUT2D eigenvalue weighted by molar-refractivity contribution is 5.92. The Kier molecular flexibility index (Phi) is 10.1. The summed E-state index contributed by atoms with van der Waals surface area (Å²) in [5.74, 6) is 3.45. The van der Waals surface area contributed by atoms with Gasteiger partial charge in [0.1, 0.15) is 22.8 Å². The van der Waals surface area contributed by atoms with Gasteiger partial charge in [0.2, 0.25) is 5.75 Å². The fourth-order valence-corrected chi connectivity index (χ4v) is 4.48. The first-order valence-corrected chi connectivity index (χ1v) is 12.2. The Morgan fingerprint density at radius 2 is 1.08 bits per heavy atom. The lowest BCUT2D eigenvalue weighted by Gasteiger charge is -2.17. The molecule has 0 amide bonds. The van der Waals surface area contributed by atoms with Gasteiger partial charge in [-0.1, -0.05) is 6.07 Å². The molecule has 8 heteroatoms. The SMILES string of the molecule is COC(=O)c1ccc(CCc2cc(OC)cc(CCc3cc(OC)c(OC)c(OC)c3)c2OC)cc1OC. The normalized spacial score (nSPS) is 10.5. The molecule has 0 heterocycles. The summed E-state index contributed by atoms with van der Waals surface area (Å²) >= 11 is 0. The number of hydrogen-bond acceptors (Lipinski definition) is 8. The van der Waals surface area contributed by atoms with Crippen LogP contribution in [0.5, 0.6) is 34.5 Å². The predicted molar refractivity (Wildman–Crippen MR) is 145 cm³/mol. The number of carbonyl (C=O) groups excluding carboxylic acids is 1. The molecule has 0 N–H and O–H groups in total. The van der Waals surface area contributed by atoms with E-state index >= 15 is 0 Å². The van der Waals surface area contributed by atoms with E-state index in [1.54, 1.807) is 41.6 Å². The lowest BCUT2D eigenvalue weighted by atomic mass is 9.96. The molecule has 0 aliphatic rings. The summed E-state index contributed by atoms with van der Waals surface area (Å²) in [6, 6.07) is 13.4. The van der Waals surface area contributed by atoms with Gasteiger partial charge in [-0.15, -0.1) is 0 Å². The summed E-state index contributed by atoms with van der Waals surface area (Å²) in [5.41, 5.74) is 4.53. The second-order valence-electron chi connectivity index (χ2n) is 8.54. The van der Waals surface area contributed by atoms with Crippen LogP contribution in [-0.2, 0) is 30.4 Å². The number of esters is 1. The van der Waals surface area contributed by atoms with Gasteiger partial charge in [-0.25, -0.2) is 4.79 Å². The van der Waals surface area contributed by atoms with Gasteiger partial charge in [0.15, 0.2) is 11.5 Å². The number of carbonyl (C=O) groups is 1. The van der Waals surface area contributed by atoms with Crippen LogP contribution >= 0.6 is 0 Å². The molecule has 0 unspecified atom stereocenters. The molecule has 3 rings (SSSR count).